The van der Waals surface area contributed by atoms with Crippen LogP contribution in [0.25, 0.3) is 5.76 Å². The van der Waals surface area contributed by atoms with Crippen LogP contribution in [0.15, 0.2) is 121 Å². The quantitative estimate of drug-likeness (QED) is 0.284. The smallest absolute Gasteiger partial charge is 0.255 e. The minimum atomic E-state index is -1.16. The fourth-order valence-corrected chi connectivity index (χ4v) is 4.95. The summed E-state index contributed by atoms with van der Waals surface area (Å²) < 4.78 is 11.9. The SMILES string of the molecule is COc1ccc(C(=CNC(=O)c2ccccc2)OP(c2ccccc2)c2ccccc2)cc1. The first-order valence-electron chi connectivity index (χ1n) is 10.5. The molecule has 0 aliphatic heterocycles. The minimum Gasteiger partial charge on any atom is -0.497 e. The molecule has 164 valence electrons. The van der Waals surface area contributed by atoms with Gasteiger partial charge in [-0.2, -0.15) is 0 Å². The van der Waals surface area contributed by atoms with Crippen molar-refractivity contribution in [3.8, 4) is 5.75 Å². The zero-order valence-electron chi connectivity index (χ0n) is 18.2. The van der Waals surface area contributed by atoms with E-state index in [2.05, 4.69) is 29.6 Å². The van der Waals surface area contributed by atoms with E-state index in [9.17, 15) is 4.79 Å². The lowest BCUT2D eigenvalue weighted by atomic mass is 10.2. The van der Waals surface area contributed by atoms with Crippen molar-refractivity contribution in [2.45, 2.75) is 0 Å². The van der Waals surface area contributed by atoms with Gasteiger partial charge in [0.2, 0.25) is 0 Å². The Labute approximate surface area is 195 Å². The molecule has 4 aromatic carbocycles. The number of methoxy groups -OCH3 is 1. The van der Waals surface area contributed by atoms with Crippen molar-refractivity contribution in [2.24, 2.45) is 0 Å². The van der Waals surface area contributed by atoms with Gasteiger partial charge in [0.05, 0.1) is 7.11 Å². The molecule has 1 N–H and O–H groups in total. The molecule has 0 saturated carbocycles. The Morgan fingerprint density at radius 3 is 1.73 bits per heavy atom. The summed E-state index contributed by atoms with van der Waals surface area (Å²) in [6.45, 7) is 0. The largest absolute Gasteiger partial charge is 0.497 e. The maximum Gasteiger partial charge on any atom is 0.255 e. The predicted octanol–water partition coefficient (Wildman–Crippen LogP) is 5.49. The Bertz CT molecular complexity index is 1150. The summed E-state index contributed by atoms with van der Waals surface area (Å²) in [4.78, 5) is 12.7. The maximum atomic E-state index is 12.7. The number of nitrogens with one attached hydrogen (secondary N) is 1. The highest BCUT2D eigenvalue weighted by molar-refractivity contribution is 7.68. The van der Waals surface area contributed by atoms with Gasteiger partial charge in [-0.05, 0) is 36.4 Å². The summed E-state index contributed by atoms with van der Waals surface area (Å²) in [6, 6.07) is 36.9. The number of amides is 1. The highest BCUT2D eigenvalue weighted by Crippen LogP contribution is 2.40. The number of carbonyl (C=O) groups is 1. The van der Waals surface area contributed by atoms with E-state index < -0.39 is 8.15 Å². The topological polar surface area (TPSA) is 47.6 Å². The molecule has 1 amide bonds. The van der Waals surface area contributed by atoms with Crippen LogP contribution in [0.2, 0.25) is 0 Å². The van der Waals surface area contributed by atoms with Crippen LogP contribution < -0.4 is 20.7 Å². The highest BCUT2D eigenvalue weighted by atomic mass is 31.1. The van der Waals surface area contributed by atoms with E-state index in [0.29, 0.717) is 11.3 Å². The number of hydrogen-bond donors (Lipinski definition) is 1. The van der Waals surface area contributed by atoms with E-state index in [1.54, 1.807) is 25.4 Å². The monoisotopic (exact) mass is 453 g/mol. The zero-order chi connectivity index (χ0) is 22.9. The number of hydrogen-bond acceptors (Lipinski definition) is 3. The minimum absolute atomic E-state index is 0.200. The second kappa shape index (κ2) is 11.1. The van der Waals surface area contributed by atoms with Crippen molar-refractivity contribution in [2.75, 3.05) is 7.11 Å². The van der Waals surface area contributed by atoms with Crippen LogP contribution >= 0.6 is 8.15 Å². The Morgan fingerprint density at radius 2 is 1.21 bits per heavy atom. The van der Waals surface area contributed by atoms with Gasteiger partial charge in [-0.3, -0.25) is 4.79 Å². The third-order valence-corrected chi connectivity index (χ3v) is 6.83. The molecule has 33 heavy (non-hydrogen) atoms. The van der Waals surface area contributed by atoms with Crippen LogP contribution in [-0.4, -0.2) is 13.0 Å². The number of ether oxygens (including phenoxy) is 1. The Hall–Kier alpha value is -3.88. The van der Waals surface area contributed by atoms with Gasteiger partial charge in [-0.25, -0.2) is 0 Å². The molecule has 0 fully saturated rings. The van der Waals surface area contributed by atoms with Crippen molar-refractivity contribution in [3.63, 3.8) is 0 Å². The molecule has 0 saturated heterocycles. The van der Waals surface area contributed by atoms with Gasteiger partial charge in [0, 0.05) is 27.9 Å². The summed E-state index contributed by atoms with van der Waals surface area (Å²) in [5.41, 5.74) is 1.42. The molecule has 4 nitrogen and oxygen atoms in total. The molecule has 0 aromatic heterocycles. The molecular formula is C28H24NO3P. The van der Waals surface area contributed by atoms with Gasteiger partial charge >= 0.3 is 0 Å². The van der Waals surface area contributed by atoms with Gasteiger partial charge in [-0.1, -0.05) is 78.9 Å². The van der Waals surface area contributed by atoms with Crippen molar-refractivity contribution in [1.29, 1.82) is 0 Å². The Kier molecular flexibility index (Phi) is 7.52. The predicted molar refractivity (Wildman–Crippen MR) is 135 cm³/mol. The molecule has 4 rings (SSSR count). The third-order valence-electron chi connectivity index (χ3n) is 4.92. The van der Waals surface area contributed by atoms with Gasteiger partial charge in [-0.15, -0.1) is 0 Å². The molecular weight excluding hydrogens is 429 g/mol. The summed E-state index contributed by atoms with van der Waals surface area (Å²) in [5.74, 6) is 1.12. The molecule has 0 aliphatic carbocycles. The van der Waals surface area contributed by atoms with Gasteiger partial charge in [0.15, 0.2) is 8.15 Å². The second-order valence-electron chi connectivity index (χ2n) is 7.13. The Balaban J connectivity index is 1.70. The summed E-state index contributed by atoms with van der Waals surface area (Å²) in [6.07, 6.45) is 1.64. The van der Waals surface area contributed by atoms with E-state index >= 15 is 0 Å². The first-order chi connectivity index (χ1) is 16.2. The summed E-state index contributed by atoms with van der Waals surface area (Å²) >= 11 is 0. The third kappa shape index (κ3) is 5.88. The van der Waals surface area contributed by atoms with Crippen LogP contribution in [-0.2, 0) is 4.52 Å². The fourth-order valence-electron chi connectivity index (χ4n) is 3.20. The maximum absolute atomic E-state index is 12.7. The zero-order valence-corrected chi connectivity index (χ0v) is 19.1. The van der Waals surface area contributed by atoms with Crippen LogP contribution in [0.5, 0.6) is 5.75 Å². The standard InChI is InChI=1S/C28H24NO3P/c1-31-24-19-17-22(18-20-24)27(21-29-28(30)23-11-5-2-6-12-23)32-33(25-13-7-3-8-14-25)26-15-9-4-10-16-26/h2-21H,1H3,(H,29,30). The van der Waals surface area contributed by atoms with Crippen molar-refractivity contribution in [3.05, 3.63) is 133 Å². The number of benzene rings is 4. The summed E-state index contributed by atoms with van der Waals surface area (Å²) in [7, 11) is 0.470. The highest BCUT2D eigenvalue weighted by Gasteiger charge is 2.19. The van der Waals surface area contributed by atoms with E-state index in [4.69, 9.17) is 9.26 Å². The number of carbonyl (C=O) groups excluding carboxylic acids is 1. The molecule has 0 radical (unpaired) electrons. The first-order valence-corrected chi connectivity index (χ1v) is 11.8. The molecule has 5 heteroatoms. The van der Waals surface area contributed by atoms with Crippen LogP contribution in [0.3, 0.4) is 0 Å². The van der Waals surface area contributed by atoms with Crippen molar-refractivity contribution < 1.29 is 14.1 Å². The van der Waals surface area contributed by atoms with E-state index in [-0.39, 0.29) is 5.91 Å². The second-order valence-corrected chi connectivity index (χ2v) is 8.94. The molecule has 0 bridgehead atoms. The first kappa shape index (κ1) is 22.3. The molecule has 0 spiro atoms. The lowest BCUT2D eigenvalue weighted by Crippen LogP contribution is -2.19. The molecule has 0 heterocycles. The van der Waals surface area contributed by atoms with Crippen LogP contribution in [0, 0.1) is 0 Å². The molecule has 4 aromatic rings. The summed E-state index contributed by atoms with van der Waals surface area (Å²) in [5, 5.41) is 5.04. The van der Waals surface area contributed by atoms with E-state index in [1.165, 1.54) is 0 Å². The molecule has 0 atom stereocenters. The lowest BCUT2D eigenvalue weighted by Gasteiger charge is -2.21. The molecule has 0 unspecified atom stereocenters. The van der Waals surface area contributed by atoms with E-state index in [1.807, 2.05) is 78.9 Å². The van der Waals surface area contributed by atoms with Crippen LogP contribution in [0.4, 0.5) is 0 Å². The van der Waals surface area contributed by atoms with Gasteiger partial charge in [0.1, 0.15) is 11.5 Å². The van der Waals surface area contributed by atoms with Gasteiger partial charge in [0.25, 0.3) is 5.91 Å². The number of rotatable bonds is 8. The van der Waals surface area contributed by atoms with Crippen molar-refractivity contribution in [1.82, 2.24) is 5.32 Å². The normalized spacial score (nSPS) is 11.2. The van der Waals surface area contributed by atoms with Gasteiger partial charge < -0.3 is 14.6 Å². The van der Waals surface area contributed by atoms with E-state index in [0.717, 1.165) is 21.9 Å². The van der Waals surface area contributed by atoms with Crippen molar-refractivity contribution >= 4 is 30.4 Å². The fraction of sp³-hybridized carbons (Fsp3) is 0.0357. The Morgan fingerprint density at radius 1 is 0.697 bits per heavy atom. The average molecular weight is 453 g/mol. The lowest BCUT2D eigenvalue weighted by molar-refractivity contribution is 0.0969. The van der Waals surface area contributed by atoms with Crippen LogP contribution in [0.1, 0.15) is 15.9 Å². The average Bonchev–Trinajstić information content (AvgIpc) is 2.90. The molecule has 0 aliphatic rings.